The number of ether oxygens (including phenoxy) is 2. The predicted molar refractivity (Wildman–Crippen MR) is 87.7 cm³/mol. The Bertz CT molecular complexity index is 627. The van der Waals surface area contributed by atoms with Crippen LogP contribution in [0.5, 0.6) is 11.5 Å². The van der Waals surface area contributed by atoms with E-state index < -0.39 is 5.97 Å². The van der Waals surface area contributed by atoms with Crippen LogP contribution in [0.1, 0.15) is 29.6 Å². The van der Waals surface area contributed by atoms with Gasteiger partial charge in [-0.1, -0.05) is 0 Å². The topological polar surface area (TPSA) is 105 Å². The molecule has 24 heavy (non-hydrogen) atoms. The largest absolute Gasteiger partial charge is 0.493 e. The van der Waals surface area contributed by atoms with E-state index in [4.69, 9.17) is 14.6 Å². The van der Waals surface area contributed by atoms with Gasteiger partial charge >= 0.3 is 5.97 Å². The molecule has 0 heterocycles. The Hall–Kier alpha value is -2.77. The van der Waals surface area contributed by atoms with Crippen molar-refractivity contribution < 1.29 is 29.0 Å². The zero-order valence-electron chi connectivity index (χ0n) is 14.2. The summed E-state index contributed by atoms with van der Waals surface area (Å²) < 4.78 is 10.3. The first-order valence-corrected chi connectivity index (χ1v) is 7.29. The van der Waals surface area contributed by atoms with Gasteiger partial charge in [0, 0.05) is 26.9 Å². The van der Waals surface area contributed by atoms with Gasteiger partial charge in [0.25, 0.3) is 0 Å². The highest BCUT2D eigenvalue weighted by molar-refractivity contribution is 5.96. The molecule has 0 spiro atoms. The van der Waals surface area contributed by atoms with Crippen molar-refractivity contribution in [1.82, 2.24) is 4.90 Å². The molecule has 0 aliphatic carbocycles. The zero-order valence-corrected chi connectivity index (χ0v) is 14.2. The van der Waals surface area contributed by atoms with Gasteiger partial charge in [-0.25, -0.2) is 4.79 Å². The number of nitrogens with one attached hydrogen (secondary N) is 1. The molecule has 0 saturated carbocycles. The Morgan fingerprint density at radius 1 is 1.12 bits per heavy atom. The van der Waals surface area contributed by atoms with E-state index in [1.165, 1.54) is 31.3 Å². The number of carbonyl (C=O) groups excluding carboxylic acids is 2. The lowest BCUT2D eigenvalue weighted by molar-refractivity contribution is -0.128. The number of hydrogen-bond donors (Lipinski definition) is 2. The third-order valence-electron chi connectivity index (χ3n) is 3.29. The fourth-order valence-electron chi connectivity index (χ4n) is 2.02. The van der Waals surface area contributed by atoms with Crippen molar-refractivity contribution in [1.29, 1.82) is 0 Å². The van der Waals surface area contributed by atoms with Crippen molar-refractivity contribution in [3.63, 3.8) is 0 Å². The molecule has 0 saturated heterocycles. The fraction of sp³-hybridized carbons (Fsp3) is 0.438. The highest BCUT2D eigenvalue weighted by Gasteiger charge is 2.17. The number of amides is 2. The number of rotatable bonds is 8. The molecule has 0 atom stereocenters. The smallest absolute Gasteiger partial charge is 0.335 e. The molecule has 0 aromatic heterocycles. The van der Waals surface area contributed by atoms with E-state index >= 15 is 0 Å². The van der Waals surface area contributed by atoms with Crippen LogP contribution >= 0.6 is 0 Å². The summed E-state index contributed by atoms with van der Waals surface area (Å²) in [6.07, 6.45) is 0.777. The number of benzene rings is 1. The summed E-state index contributed by atoms with van der Waals surface area (Å²) in [5, 5.41) is 11.7. The van der Waals surface area contributed by atoms with Crippen LogP contribution in [0.15, 0.2) is 12.1 Å². The normalized spacial score (nSPS) is 10.0. The molecular weight excluding hydrogens is 316 g/mol. The van der Waals surface area contributed by atoms with Gasteiger partial charge in [0.1, 0.15) is 0 Å². The lowest BCUT2D eigenvalue weighted by Crippen LogP contribution is -2.22. The highest BCUT2D eigenvalue weighted by atomic mass is 16.5. The van der Waals surface area contributed by atoms with Gasteiger partial charge in [-0.2, -0.15) is 0 Å². The molecule has 132 valence electrons. The minimum atomic E-state index is -1.15. The van der Waals surface area contributed by atoms with Gasteiger partial charge < -0.3 is 24.8 Å². The Morgan fingerprint density at radius 3 is 2.29 bits per heavy atom. The monoisotopic (exact) mass is 338 g/mol. The summed E-state index contributed by atoms with van der Waals surface area (Å²) in [5.74, 6) is -1.11. The van der Waals surface area contributed by atoms with Gasteiger partial charge in [-0.3, -0.25) is 9.59 Å². The van der Waals surface area contributed by atoms with E-state index in [1.807, 2.05) is 0 Å². The summed E-state index contributed by atoms with van der Waals surface area (Å²) in [4.78, 5) is 36.1. The first kappa shape index (κ1) is 19.3. The van der Waals surface area contributed by atoms with Gasteiger partial charge in [-0.05, 0) is 18.6 Å². The minimum absolute atomic E-state index is 0.0364. The first-order valence-electron chi connectivity index (χ1n) is 7.29. The number of carboxylic acids is 1. The Morgan fingerprint density at radius 2 is 1.79 bits per heavy atom. The summed E-state index contributed by atoms with van der Waals surface area (Å²) in [7, 11) is 6.07. The summed E-state index contributed by atoms with van der Waals surface area (Å²) in [6.45, 7) is 0. The van der Waals surface area contributed by atoms with Crippen LogP contribution in [0, 0.1) is 0 Å². The molecule has 2 amide bonds. The molecule has 8 heteroatoms. The van der Waals surface area contributed by atoms with E-state index in [2.05, 4.69) is 5.32 Å². The number of carbonyl (C=O) groups is 3. The summed E-state index contributed by atoms with van der Waals surface area (Å²) in [5.41, 5.74) is 0.170. The maximum Gasteiger partial charge on any atom is 0.335 e. The molecule has 0 fully saturated rings. The molecule has 2 N–H and O–H groups in total. The van der Waals surface area contributed by atoms with E-state index in [-0.39, 0.29) is 47.4 Å². The standard InChI is InChI=1S/C16H22N2O6/c1-18(2)14(20)7-5-6-13(19)17-11-8-10(16(21)22)9-12(23-3)15(11)24-4/h8-9H,5-7H2,1-4H3,(H,17,19)(H,21,22). The number of aromatic carboxylic acids is 1. The SMILES string of the molecule is COc1cc(C(=O)O)cc(NC(=O)CCCC(=O)N(C)C)c1OC. The number of nitrogens with zero attached hydrogens (tertiary/aromatic N) is 1. The van der Waals surface area contributed by atoms with Crippen molar-refractivity contribution in [3.05, 3.63) is 17.7 Å². The van der Waals surface area contributed by atoms with E-state index in [0.29, 0.717) is 6.42 Å². The second-order valence-electron chi connectivity index (χ2n) is 5.25. The number of methoxy groups -OCH3 is 2. The van der Waals surface area contributed by atoms with Gasteiger partial charge in [0.15, 0.2) is 11.5 Å². The predicted octanol–water partition coefficient (Wildman–Crippen LogP) is 1.60. The minimum Gasteiger partial charge on any atom is -0.493 e. The van der Waals surface area contributed by atoms with Crippen LogP contribution in [0.25, 0.3) is 0 Å². The average Bonchev–Trinajstić information content (AvgIpc) is 2.53. The van der Waals surface area contributed by atoms with Crippen molar-refractivity contribution in [2.45, 2.75) is 19.3 Å². The molecule has 0 aliphatic heterocycles. The molecule has 0 radical (unpaired) electrons. The first-order chi connectivity index (χ1) is 11.3. The zero-order chi connectivity index (χ0) is 18.3. The maximum absolute atomic E-state index is 12.0. The second kappa shape index (κ2) is 8.76. The van der Waals surface area contributed by atoms with Crippen LogP contribution in [0.3, 0.4) is 0 Å². The number of anilines is 1. The Kier molecular flexibility index (Phi) is 7.03. The average molecular weight is 338 g/mol. The van der Waals surface area contributed by atoms with Crippen LogP contribution < -0.4 is 14.8 Å². The van der Waals surface area contributed by atoms with Gasteiger partial charge in [0.05, 0.1) is 25.5 Å². The fourth-order valence-corrected chi connectivity index (χ4v) is 2.02. The maximum atomic E-state index is 12.0. The molecule has 0 unspecified atom stereocenters. The molecule has 0 bridgehead atoms. The highest BCUT2D eigenvalue weighted by Crippen LogP contribution is 2.36. The van der Waals surface area contributed by atoms with Crippen molar-refractivity contribution in [2.75, 3.05) is 33.6 Å². The van der Waals surface area contributed by atoms with E-state index in [1.54, 1.807) is 14.1 Å². The van der Waals surface area contributed by atoms with Crippen molar-refractivity contribution in [2.24, 2.45) is 0 Å². The summed E-state index contributed by atoms with van der Waals surface area (Å²) >= 11 is 0. The van der Waals surface area contributed by atoms with Crippen LogP contribution in [-0.4, -0.2) is 56.1 Å². The van der Waals surface area contributed by atoms with E-state index in [9.17, 15) is 14.4 Å². The van der Waals surface area contributed by atoms with Crippen LogP contribution in [-0.2, 0) is 9.59 Å². The van der Waals surface area contributed by atoms with Crippen LogP contribution in [0.2, 0.25) is 0 Å². The van der Waals surface area contributed by atoms with Crippen molar-refractivity contribution in [3.8, 4) is 11.5 Å². The quantitative estimate of drug-likeness (QED) is 0.746. The lowest BCUT2D eigenvalue weighted by Gasteiger charge is -2.15. The van der Waals surface area contributed by atoms with Gasteiger partial charge in [-0.15, -0.1) is 0 Å². The van der Waals surface area contributed by atoms with Gasteiger partial charge in [0.2, 0.25) is 11.8 Å². The number of hydrogen-bond acceptors (Lipinski definition) is 5. The summed E-state index contributed by atoms with van der Waals surface area (Å²) in [6, 6.07) is 2.61. The second-order valence-corrected chi connectivity index (χ2v) is 5.25. The third kappa shape index (κ3) is 5.15. The molecule has 0 aliphatic rings. The molecular formula is C16H22N2O6. The van der Waals surface area contributed by atoms with Crippen molar-refractivity contribution >= 4 is 23.5 Å². The van der Waals surface area contributed by atoms with E-state index in [0.717, 1.165) is 0 Å². The molecule has 1 rings (SSSR count). The third-order valence-corrected chi connectivity index (χ3v) is 3.29. The molecule has 1 aromatic carbocycles. The number of carboxylic acid groups (broad SMARTS) is 1. The molecule has 8 nitrogen and oxygen atoms in total. The molecule has 1 aromatic rings. The Labute approximate surface area is 140 Å². The van der Waals surface area contributed by atoms with Crippen LogP contribution in [0.4, 0.5) is 5.69 Å². The Balaban J connectivity index is 2.85. The lowest BCUT2D eigenvalue weighted by atomic mass is 10.1.